The van der Waals surface area contributed by atoms with Gasteiger partial charge in [0.1, 0.15) is 0 Å². The Hall–Kier alpha value is -1.89. The fourth-order valence-electron chi connectivity index (χ4n) is 2.89. The number of aliphatic hydroxyl groups excluding tert-OH is 1. The summed E-state index contributed by atoms with van der Waals surface area (Å²) in [7, 11) is -3.67. The first-order chi connectivity index (χ1) is 15.3. The molecular formula is C25H28Cl2O4S. The standard InChI is InChI=1S/C16H17ClO3S.C9H11ClO/c1-13-7-9-16(10-8-13)21(18,19)20-11-3-5-14-4-2-6-15(17)12-14;10-9-5-1-3-8(7-9)4-2-6-11/h2,4,6-10,12H,3,5,11H2,1H3;1,3,5,7,11H,2,4,6H2. The van der Waals surface area contributed by atoms with Gasteiger partial charge in [0.25, 0.3) is 10.1 Å². The average molecular weight is 495 g/mol. The SMILES string of the molecule is Cc1ccc(S(=O)(=O)OCCCc2cccc(Cl)c2)cc1.OCCCc1cccc(Cl)c1. The van der Waals surface area contributed by atoms with Crippen molar-refractivity contribution in [2.75, 3.05) is 13.2 Å². The molecule has 0 aliphatic rings. The maximum absolute atomic E-state index is 12.0. The predicted octanol–water partition coefficient (Wildman–Crippen LogP) is 6.25. The molecule has 3 aromatic rings. The molecule has 3 rings (SSSR count). The molecule has 0 spiro atoms. The van der Waals surface area contributed by atoms with Gasteiger partial charge in [0.15, 0.2) is 0 Å². The molecule has 0 aliphatic heterocycles. The summed E-state index contributed by atoms with van der Waals surface area (Å²) < 4.78 is 29.0. The van der Waals surface area contributed by atoms with Crippen LogP contribution in [-0.2, 0) is 27.1 Å². The van der Waals surface area contributed by atoms with E-state index < -0.39 is 10.1 Å². The van der Waals surface area contributed by atoms with Gasteiger partial charge in [0.2, 0.25) is 0 Å². The van der Waals surface area contributed by atoms with Crippen LogP contribution in [0, 0.1) is 6.92 Å². The number of aryl methyl sites for hydroxylation is 3. The molecule has 0 atom stereocenters. The second-order valence-electron chi connectivity index (χ2n) is 7.28. The predicted molar refractivity (Wildman–Crippen MR) is 131 cm³/mol. The van der Waals surface area contributed by atoms with Gasteiger partial charge >= 0.3 is 0 Å². The Morgan fingerprint density at radius 1 is 0.812 bits per heavy atom. The Labute approximate surface area is 200 Å². The van der Waals surface area contributed by atoms with Gasteiger partial charge in [-0.05, 0) is 80.1 Å². The Kier molecular flexibility index (Phi) is 11.2. The van der Waals surface area contributed by atoms with Crippen LogP contribution < -0.4 is 0 Å². The Morgan fingerprint density at radius 2 is 1.34 bits per heavy atom. The molecule has 7 heteroatoms. The zero-order valence-corrected chi connectivity index (χ0v) is 20.3. The van der Waals surface area contributed by atoms with E-state index in [1.54, 1.807) is 24.3 Å². The lowest BCUT2D eigenvalue weighted by molar-refractivity contribution is 0.288. The van der Waals surface area contributed by atoms with Crippen molar-refractivity contribution < 1.29 is 17.7 Å². The van der Waals surface area contributed by atoms with Crippen LogP contribution in [0.15, 0.2) is 77.7 Å². The van der Waals surface area contributed by atoms with Gasteiger partial charge in [0.05, 0.1) is 11.5 Å². The van der Waals surface area contributed by atoms with Gasteiger partial charge in [-0.1, -0.05) is 65.2 Å². The Balaban J connectivity index is 0.000000278. The summed E-state index contributed by atoms with van der Waals surface area (Å²) >= 11 is 11.7. The summed E-state index contributed by atoms with van der Waals surface area (Å²) in [5.41, 5.74) is 3.26. The van der Waals surface area contributed by atoms with Crippen molar-refractivity contribution in [2.45, 2.75) is 37.5 Å². The third kappa shape index (κ3) is 9.72. The van der Waals surface area contributed by atoms with E-state index in [1.807, 2.05) is 55.5 Å². The van der Waals surface area contributed by atoms with Crippen LogP contribution in [0.5, 0.6) is 0 Å². The van der Waals surface area contributed by atoms with Crippen LogP contribution in [0.2, 0.25) is 10.0 Å². The van der Waals surface area contributed by atoms with Crippen molar-refractivity contribution >= 4 is 33.3 Å². The van der Waals surface area contributed by atoms with Gasteiger partial charge in [-0.25, -0.2) is 0 Å². The summed E-state index contributed by atoms with van der Waals surface area (Å²) in [6.07, 6.45) is 3.05. The monoisotopic (exact) mass is 494 g/mol. The van der Waals surface area contributed by atoms with Crippen LogP contribution >= 0.6 is 23.2 Å². The smallest absolute Gasteiger partial charge is 0.296 e. The lowest BCUT2D eigenvalue weighted by Gasteiger charge is -2.06. The highest BCUT2D eigenvalue weighted by Gasteiger charge is 2.14. The van der Waals surface area contributed by atoms with E-state index in [0.29, 0.717) is 11.4 Å². The third-order valence-corrected chi connectivity index (χ3v) is 6.36. The maximum Gasteiger partial charge on any atom is 0.296 e. The molecule has 0 saturated heterocycles. The molecule has 0 radical (unpaired) electrons. The molecule has 0 bridgehead atoms. The number of halogens is 2. The number of hydrogen-bond acceptors (Lipinski definition) is 4. The molecule has 3 aromatic carbocycles. The van der Waals surface area contributed by atoms with Crippen molar-refractivity contribution in [3.8, 4) is 0 Å². The van der Waals surface area contributed by atoms with Crippen molar-refractivity contribution in [3.05, 3.63) is 99.5 Å². The number of hydrogen-bond donors (Lipinski definition) is 1. The average Bonchev–Trinajstić information content (AvgIpc) is 2.76. The molecular weight excluding hydrogens is 467 g/mol. The topological polar surface area (TPSA) is 63.6 Å². The molecule has 0 fully saturated rings. The van der Waals surface area contributed by atoms with Crippen molar-refractivity contribution in [2.24, 2.45) is 0 Å². The molecule has 0 unspecified atom stereocenters. The van der Waals surface area contributed by atoms with Gasteiger partial charge in [-0.3, -0.25) is 4.18 Å². The lowest BCUT2D eigenvalue weighted by Crippen LogP contribution is -2.08. The van der Waals surface area contributed by atoms with Gasteiger partial charge in [-0.2, -0.15) is 8.42 Å². The molecule has 0 amide bonds. The third-order valence-electron chi connectivity index (χ3n) is 4.56. The summed E-state index contributed by atoms with van der Waals surface area (Å²) in [5.74, 6) is 0. The van der Waals surface area contributed by atoms with E-state index in [2.05, 4.69) is 0 Å². The first-order valence-electron chi connectivity index (χ1n) is 10.4. The quantitative estimate of drug-likeness (QED) is 0.282. The van der Waals surface area contributed by atoms with Crippen LogP contribution in [0.1, 0.15) is 29.5 Å². The summed E-state index contributed by atoms with van der Waals surface area (Å²) in [4.78, 5) is 0.191. The summed E-state index contributed by atoms with van der Waals surface area (Å²) in [6.45, 7) is 2.30. The number of benzene rings is 3. The Morgan fingerprint density at radius 3 is 1.84 bits per heavy atom. The highest BCUT2D eigenvalue weighted by atomic mass is 35.5. The molecule has 172 valence electrons. The molecule has 0 saturated carbocycles. The van der Waals surface area contributed by atoms with Gasteiger partial charge in [-0.15, -0.1) is 0 Å². The zero-order chi connectivity index (χ0) is 23.4. The second kappa shape index (κ2) is 13.6. The van der Waals surface area contributed by atoms with Crippen LogP contribution in [0.3, 0.4) is 0 Å². The van der Waals surface area contributed by atoms with E-state index >= 15 is 0 Å². The fourth-order valence-corrected chi connectivity index (χ4v) is 4.25. The lowest BCUT2D eigenvalue weighted by atomic mass is 10.1. The number of rotatable bonds is 9. The summed E-state index contributed by atoms with van der Waals surface area (Å²) in [5, 5.41) is 10.0. The van der Waals surface area contributed by atoms with E-state index in [0.717, 1.165) is 35.4 Å². The molecule has 32 heavy (non-hydrogen) atoms. The minimum atomic E-state index is -3.67. The second-order valence-corrected chi connectivity index (χ2v) is 9.77. The minimum Gasteiger partial charge on any atom is -0.396 e. The van der Waals surface area contributed by atoms with Crippen molar-refractivity contribution in [1.29, 1.82) is 0 Å². The summed E-state index contributed by atoms with van der Waals surface area (Å²) in [6, 6.07) is 21.9. The highest BCUT2D eigenvalue weighted by Crippen LogP contribution is 2.15. The van der Waals surface area contributed by atoms with E-state index in [1.165, 1.54) is 5.56 Å². The molecule has 4 nitrogen and oxygen atoms in total. The van der Waals surface area contributed by atoms with Crippen LogP contribution in [-0.4, -0.2) is 26.7 Å². The number of aliphatic hydroxyl groups is 1. The van der Waals surface area contributed by atoms with E-state index in [9.17, 15) is 8.42 Å². The van der Waals surface area contributed by atoms with Gasteiger partial charge < -0.3 is 5.11 Å². The normalized spacial score (nSPS) is 11.0. The van der Waals surface area contributed by atoms with Gasteiger partial charge in [0, 0.05) is 16.7 Å². The fraction of sp³-hybridized carbons (Fsp3) is 0.280. The van der Waals surface area contributed by atoms with E-state index in [4.69, 9.17) is 32.5 Å². The highest BCUT2D eigenvalue weighted by molar-refractivity contribution is 7.86. The molecule has 1 N–H and O–H groups in total. The maximum atomic E-state index is 12.0. The molecule has 0 aliphatic carbocycles. The molecule has 0 aromatic heterocycles. The first-order valence-corrected chi connectivity index (χ1v) is 12.5. The van der Waals surface area contributed by atoms with Crippen molar-refractivity contribution in [3.63, 3.8) is 0 Å². The first kappa shape index (κ1) is 26.4. The zero-order valence-electron chi connectivity index (χ0n) is 18.0. The van der Waals surface area contributed by atoms with Crippen molar-refractivity contribution in [1.82, 2.24) is 0 Å². The van der Waals surface area contributed by atoms with E-state index in [-0.39, 0.29) is 18.1 Å². The van der Waals surface area contributed by atoms with Crippen LogP contribution in [0.25, 0.3) is 0 Å². The Bertz CT molecular complexity index is 1070. The largest absolute Gasteiger partial charge is 0.396 e. The van der Waals surface area contributed by atoms with Crippen LogP contribution in [0.4, 0.5) is 0 Å². The minimum absolute atomic E-state index is 0.155. The molecule has 0 heterocycles.